The van der Waals surface area contributed by atoms with Crippen LogP contribution >= 0.6 is 23.2 Å². The summed E-state index contributed by atoms with van der Waals surface area (Å²) in [5.41, 5.74) is 6.68. The van der Waals surface area contributed by atoms with Gasteiger partial charge in [-0.3, -0.25) is 0 Å². The summed E-state index contributed by atoms with van der Waals surface area (Å²) < 4.78 is 0. The predicted molar refractivity (Wildman–Crippen MR) is 96.5 cm³/mol. The van der Waals surface area contributed by atoms with Crippen molar-refractivity contribution in [3.05, 3.63) is 28.2 Å². The van der Waals surface area contributed by atoms with Crippen LogP contribution in [0.1, 0.15) is 32.1 Å². The molecule has 5 nitrogen and oxygen atoms in total. The fourth-order valence-corrected chi connectivity index (χ4v) is 3.50. The maximum absolute atomic E-state index is 11.5. The Morgan fingerprint density at radius 3 is 2.48 bits per heavy atom. The number of carbonyl (C=O) groups excluding carboxylic acids is 1. The highest BCUT2D eigenvalue weighted by Crippen LogP contribution is 2.35. The molecule has 0 bridgehead atoms. The first kappa shape index (κ1) is 17.9. The van der Waals surface area contributed by atoms with Gasteiger partial charge in [-0.05, 0) is 30.9 Å². The van der Waals surface area contributed by atoms with Crippen molar-refractivity contribution >= 4 is 40.9 Å². The van der Waals surface area contributed by atoms with Crippen molar-refractivity contribution in [2.24, 2.45) is 16.6 Å². The van der Waals surface area contributed by atoms with Crippen molar-refractivity contribution in [3.63, 3.8) is 0 Å². The van der Waals surface area contributed by atoms with Gasteiger partial charge in [0, 0.05) is 13.6 Å². The third-order valence-corrected chi connectivity index (χ3v) is 4.69. The van der Waals surface area contributed by atoms with Crippen molar-refractivity contribution in [1.29, 1.82) is 0 Å². The van der Waals surface area contributed by atoms with E-state index in [1.165, 1.54) is 26.3 Å². The molecule has 2 rings (SSSR count). The molecule has 1 fully saturated rings. The molecule has 0 aliphatic heterocycles. The largest absolute Gasteiger partial charge is 0.369 e. The first-order valence-corrected chi connectivity index (χ1v) is 8.56. The molecule has 0 radical (unpaired) electrons. The monoisotopic (exact) mass is 356 g/mol. The SMILES string of the molecule is CNC(=O)N=C(N)N(CC1CCCCC1)c1c(Cl)cccc1Cl. The number of hydrogen-bond acceptors (Lipinski definition) is 1. The number of rotatable bonds is 3. The summed E-state index contributed by atoms with van der Waals surface area (Å²) in [5.74, 6) is 0.583. The van der Waals surface area contributed by atoms with Gasteiger partial charge in [-0.15, -0.1) is 0 Å². The number of halogens is 2. The number of nitrogens with one attached hydrogen (secondary N) is 1. The number of nitrogens with zero attached hydrogens (tertiary/aromatic N) is 2. The number of guanidine groups is 1. The maximum Gasteiger partial charge on any atom is 0.343 e. The van der Waals surface area contributed by atoms with Gasteiger partial charge < -0.3 is 16.0 Å². The summed E-state index contributed by atoms with van der Waals surface area (Å²) in [7, 11) is 1.51. The van der Waals surface area contributed by atoms with Crippen LogP contribution in [0.4, 0.5) is 10.5 Å². The topological polar surface area (TPSA) is 70.7 Å². The van der Waals surface area contributed by atoms with Crippen molar-refractivity contribution < 1.29 is 4.79 Å². The van der Waals surface area contributed by atoms with E-state index in [2.05, 4.69) is 10.3 Å². The van der Waals surface area contributed by atoms with Gasteiger partial charge in [-0.2, -0.15) is 4.99 Å². The highest BCUT2D eigenvalue weighted by molar-refractivity contribution is 6.40. The summed E-state index contributed by atoms with van der Waals surface area (Å²) in [6.45, 7) is 0.649. The van der Waals surface area contributed by atoms with Gasteiger partial charge in [0.15, 0.2) is 0 Å². The smallest absolute Gasteiger partial charge is 0.343 e. The molecule has 0 heterocycles. The number of carbonyl (C=O) groups is 1. The molecular weight excluding hydrogens is 335 g/mol. The lowest BCUT2D eigenvalue weighted by molar-refractivity contribution is 0.251. The Morgan fingerprint density at radius 1 is 1.30 bits per heavy atom. The van der Waals surface area contributed by atoms with Crippen LogP contribution in [-0.2, 0) is 0 Å². The molecule has 0 aromatic heterocycles. The molecule has 3 N–H and O–H groups in total. The van der Waals surface area contributed by atoms with Gasteiger partial charge in [-0.25, -0.2) is 4.79 Å². The maximum atomic E-state index is 11.5. The quantitative estimate of drug-likeness (QED) is 0.634. The molecular formula is C16H22Cl2N4O. The molecule has 1 aliphatic carbocycles. The van der Waals surface area contributed by atoms with Crippen molar-refractivity contribution in [3.8, 4) is 0 Å². The molecule has 126 valence electrons. The number of anilines is 1. The highest BCUT2D eigenvalue weighted by Gasteiger charge is 2.23. The Hall–Kier alpha value is -1.46. The molecule has 23 heavy (non-hydrogen) atoms. The van der Waals surface area contributed by atoms with Crippen molar-refractivity contribution in [1.82, 2.24) is 5.32 Å². The summed E-state index contributed by atoms with van der Waals surface area (Å²) in [5, 5.41) is 3.41. The zero-order valence-electron chi connectivity index (χ0n) is 13.2. The summed E-state index contributed by atoms with van der Waals surface area (Å²) >= 11 is 12.6. The number of nitrogens with two attached hydrogens (primary N) is 1. The zero-order chi connectivity index (χ0) is 16.8. The number of amides is 2. The predicted octanol–water partition coefficient (Wildman–Crippen LogP) is 4.03. The van der Waals surface area contributed by atoms with E-state index >= 15 is 0 Å². The van der Waals surface area contributed by atoms with Gasteiger partial charge in [0.1, 0.15) is 0 Å². The first-order chi connectivity index (χ1) is 11.0. The fraction of sp³-hybridized carbons (Fsp3) is 0.500. The minimum absolute atomic E-state index is 0.102. The third kappa shape index (κ3) is 4.75. The third-order valence-electron chi connectivity index (χ3n) is 4.08. The first-order valence-electron chi connectivity index (χ1n) is 7.80. The zero-order valence-corrected chi connectivity index (χ0v) is 14.7. The average Bonchev–Trinajstić information content (AvgIpc) is 2.54. The number of hydrogen-bond donors (Lipinski definition) is 2. The second-order valence-electron chi connectivity index (χ2n) is 5.71. The van der Waals surface area contributed by atoms with E-state index in [4.69, 9.17) is 28.9 Å². The van der Waals surface area contributed by atoms with E-state index < -0.39 is 6.03 Å². The molecule has 0 atom stereocenters. The van der Waals surface area contributed by atoms with E-state index in [1.807, 2.05) is 0 Å². The molecule has 0 unspecified atom stereocenters. The van der Waals surface area contributed by atoms with Crippen molar-refractivity contribution in [2.75, 3.05) is 18.5 Å². The van der Waals surface area contributed by atoms with E-state index in [0.29, 0.717) is 28.2 Å². The number of aliphatic imine (C=N–C) groups is 1. The van der Waals surface area contributed by atoms with Gasteiger partial charge in [0.25, 0.3) is 0 Å². The van der Waals surface area contributed by atoms with E-state index in [1.54, 1.807) is 23.1 Å². The lowest BCUT2D eigenvalue weighted by atomic mass is 9.89. The second-order valence-corrected chi connectivity index (χ2v) is 6.52. The van der Waals surface area contributed by atoms with Gasteiger partial charge in [0.05, 0.1) is 15.7 Å². The van der Waals surface area contributed by atoms with Gasteiger partial charge in [-0.1, -0.05) is 48.5 Å². The van der Waals surface area contributed by atoms with Crippen LogP contribution in [0.25, 0.3) is 0 Å². The molecule has 7 heteroatoms. The number of urea groups is 1. The summed E-state index contributed by atoms with van der Waals surface area (Å²) in [4.78, 5) is 17.2. The lowest BCUT2D eigenvalue weighted by Gasteiger charge is -2.31. The van der Waals surface area contributed by atoms with Crippen LogP contribution in [0.2, 0.25) is 10.0 Å². The Bertz CT molecular complexity index is 565. The molecule has 0 spiro atoms. The van der Waals surface area contributed by atoms with Crippen LogP contribution in [0.15, 0.2) is 23.2 Å². The standard InChI is InChI=1S/C16H22Cl2N4O/c1-20-16(23)21-15(19)22(10-11-6-3-2-4-7-11)14-12(17)8-5-9-13(14)18/h5,8-9,11H,2-4,6-7,10H2,1H3,(H3,19,20,21,23). The van der Waals surface area contributed by atoms with Crippen LogP contribution in [0.3, 0.4) is 0 Å². The van der Waals surface area contributed by atoms with Crippen LogP contribution in [0.5, 0.6) is 0 Å². The number of para-hydroxylation sites is 1. The Labute approximate surface area is 146 Å². The minimum Gasteiger partial charge on any atom is -0.369 e. The van der Waals surface area contributed by atoms with Gasteiger partial charge >= 0.3 is 6.03 Å². The Morgan fingerprint density at radius 2 is 1.91 bits per heavy atom. The Kier molecular flexibility index (Phi) is 6.54. The summed E-state index contributed by atoms with van der Waals surface area (Å²) in [6.07, 6.45) is 5.95. The molecule has 0 saturated heterocycles. The second kappa shape index (κ2) is 8.41. The van der Waals surface area contributed by atoms with E-state index in [9.17, 15) is 4.79 Å². The van der Waals surface area contributed by atoms with Crippen LogP contribution in [-0.4, -0.2) is 25.6 Å². The highest BCUT2D eigenvalue weighted by atomic mass is 35.5. The average molecular weight is 357 g/mol. The molecule has 1 aromatic rings. The molecule has 1 aliphatic rings. The van der Waals surface area contributed by atoms with Crippen LogP contribution < -0.4 is 16.0 Å². The van der Waals surface area contributed by atoms with E-state index in [-0.39, 0.29) is 5.96 Å². The summed E-state index contributed by atoms with van der Waals surface area (Å²) in [6, 6.07) is 4.78. The minimum atomic E-state index is -0.501. The van der Waals surface area contributed by atoms with E-state index in [0.717, 1.165) is 12.8 Å². The number of benzene rings is 1. The van der Waals surface area contributed by atoms with Gasteiger partial charge in [0.2, 0.25) is 5.96 Å². The van der Waals surface area contributed by atoms with Crippen LogP contribution in [0, 0.1) is 5.92 Å². The Balaban J connectivity index is 2.34. The molecule has 1 aromatic carbocycles. The molecule has 1 saturated carbocycles. The van der Waals surface area contributed by atoms with Crippen molar-refractivity contribution in [2.45, 2.75) is 32.1 Å². The normalized spacial score (nSPS) is 16.2. The fourth-order valence-electron chi connectivity index (χ4n) is 2.89. The lowest BCUT2D eigenvalue weighted by Crippen LogP contribution is -2.42. The molecule has 2 amide bonds.